The molecule has 230 valence electrons. The van der Waals surface area contributed by atoms with Gasteiger partial charge in [0, 0.05) is 18.7 Å². The van der Waals surface area contributed by atoms with Gasteiger partial charge >= 0.3 is 0 Å². The molecule has 0 bridgehead atoms. The van der Waals surface area contributed by atoms with Gasteiger partial charge in [0.15, 0.2) is 0 Å². The van der Waals surface area contributed by atoms with Crippen LogP contribution in [-0.4, -0.2) is 58.0 Å². The summed E-state index contributed by atoms with van der Waals surface area (Å²) in [4.78, 5) is 29.2. The van der Waals surface area contributed by atoms with Gasteiger partial charge in [-0.05, 0) is 56.5 Å². The Morgan fingerprint density at radius 3 is 2.23 bits per heavy atom. The summed E-state index contributed by atoms with van der Waals surface area (Å²) in [6, 6.07) is 19.8. The second-order valence-electron chi connectivity index (χ2n) is 10.9. The number of carbonyl (C=O) groups is 2. The average Bonchev–Trinajstić information content (AvgIpc) is 3.02. The van der Waals surface area contributed by atoms with Crippen molar-refractivity contribution in [2.75, 3.05) is 25.1 Å². The summed E-state index contributed by atoms with van der Waals surface area (Å²) in [5.74, 6) is -0.144. The molecule has 3 aromatic rings. The van der Waals surface area contributed by atoms with Gasteiger partial charge in [-0.25, -0.2) is 8.42 Å². The third-order valence-corrected chi connectivity index (χ3v) is 9.63. The highest BCUT2D eigenvalue weighted by Gasteiger charge is 2.34. The predicted molar refractivity (Wildman–Crippen MR) is 167 cm³/mol. The first-order chi connectivity index (χ1) is 20.6. The average molecular weight is 608 g/mol. The molecule has 3 aromatic carbocycles. The number of nitrogens with one attached hydrogen (secondary N) is 1. The van der Waals surface area contributed by atoms with Crippen molar-refractivity contribution in [1.29, 1.82) is 0 Å². The van der Waals surface area contributed by atoms with Crippen molar-refractivity contribution < 1.29 is 27.5 Å². The molecular formula is C33H41N3O6S. The fourth-order valence-corrected chi connectivity index (χ4v) is 6.69. The van der Waals surface area contributed by atoms with Gasteiger partial charge in [0.1, 0.15) is 24.1 Å². The standard InChI is InChI=1S/C33H41N3O6S/c1-24-15-18-29(19-16-24)43(39,40)36(30-21-28(41-3)17-20-31(30)42-4)23-32(37)35(22-26-11-7-5-8-12-26)25(2)33(38)34-27-13-9-6-10-14-27/h5,7-8,11-12,15-21,25,27H,6,9-10,13-14,22-23H2,1-4H3,(H,34,38)/t25-/m0/s1. The number of anilines is 1. The van der Waals surface area contributed by atoms with Gasteiger partial charge in [-0.2, -0.15) is 0 Å². The minimum Gasteiger partial charge on any atom is -0.497 e. The summed E-state index contributed by atoms with van der Waals surface area (Å²) in [6.45, 7) is 3.12. The van der Waals surface area contributed by atoms with Crippen molar-refractivity contribution in [2.24, 2.45) is 0 Å². The molecule has 0 saturated heterocycles. The lowest BCUT2D eigenvalue weighted by atomic mass is 9.95. The molecule has 0 radical (unpaired) electrons. The lowest BCUT2D eigenvalue weighted by Crippen LogP contribution is -2.53. The van der Waals surface area contributed by atoms with Crippen LogP contribution in [0, 0.1) is 6.92 Å². The number of ether oxygens (including phenoxy) is 2. The molecule has 0 unspecified atom stereocenters. The molecule has 1 atom stereocenters. The summed E-state index contributed by atoms with van der Waals surface area (Å²) in [5.41, 5.74) is 1.86. The Balaban J connectivity index is 1.73. The molecule has 2 amide bonds. The number of sulfonamides is 1. The number of methoxy groups -OCH3 is 2. The van der Waals surface area contributed by atoms with Gasteiger partial charge in [0.25, 0.3) is 10.0 Å². The molecule has 1 N–H and O–H groups in total. The third-order valence-electron chi connectivity index (χ3n) is 7.86. The molecule has 1 saturated carbocycles. The molecule has 1 aliphatic carbocycles. The van der Waals surface area contributed by atoms with Crippen molar-refractivity contribution in [2.45, 2.75) is 69.5 Å². The van der Waals surface area contributed by atoms with Gasteiger partial charge in [-0.15, -0.1) is 0 Å². The Morgan fingerprint density at radius 2 is 1.60 bits per heavy atom. The third kappa shape index (κ3) is 7.87. The van der Waals surface area contributed by atoms with E-state index in [4.69, 9.17) is 9.47 Å². The Bertz CT molecular complexity index is 1490. The topological polar surface area (TPSA) is 105 Å². The highest BCUT2D eigenvalue weighted by atomic mass is 32.2. The molecular weight excluding hydrogens is 566 g/mol. The van der Waals surface area contributed by atoms with Crippen LogP contribution >= 0.6 is 0 Å². The van der Waals surface area contributed by atoms with E-state index in [-0.39, 0.29) is 34.8 Å². The van der Waals surface area contributed by atoms with Crippen LogP contribution in [0.1, 0.15) is 50.2 Å². The largest absolute Gasteiger partial charge is 0.497 e. The van der Waals surface area contributed by atoms with Crippen LogP contribution in [0.2, 0.25) is 0 Å². The molecule has 1 fully saturated rings. The van der Waals surface area contributed by atoms with Crippen LogP contribution in [0.15, 0.2) is 77.7 Å². The van der Waals surface area contributed by atoms with Gasteiger partial charge in [0.05, 0.1) is 24.8 Å². The number of hydrogen-bond acceptors (Lipinski definition) is 6. The van der Waals surface area contributed by atoms with E-state index in [1.807, 2.05) is 37.3 Å². The van der Waals surface area contributed by atoms with E-state index in [1.54, 1.807) is 31.2 Å². The molecule has 43 heavy (non-hydrogen) atoms. The van der Waals surface area contributed by atoms with Crippen LogP contribution in [-0.2, 0) is 26.2 Å². The summed E-state index contributed by atoms with van der Waals surface area (Å²) in [6.07, 6.45) is 5.08. The first-order valence-corrected chi connectivity index (χ1v) is 16.0. The lowest BCUT2D eigenvalue weighted by molar-refractivity contribution is -0.139. The monoisotopic (exact) mass is 607 g/mol. The molecule has 0 spiro atoms. The number of hydrogen-bond donors (Lipinski definition) is 1. The van der Waals surface area contributed by atoms with E-state index >= 15 is 0 Å². The van der Waals surface area contributed by atoms with E-state index < -0.39 is 28.5 Å². The van der Waals surface area contributed by atoms with Gasteiger partial charge in [-0.1, -0.05) is 67.3 Å². The number of rotatable bonds is 12. The maximum Gasteiger partial charge on any atom is 0.264 e. The van der Waals surface area contributed by atoms with E-state index in [2.05, 4.69) is 5.32 Å². The highest BCUT2D eigenvalue weighted by Crippen LogP contribution is 2.36. The Hall–Kier alpha value is -4.05. The fourth-order valence-electron chi connectivity index (χ4n) is 5.27. The molecule has 1 aliphatic rings. The Morgan fingerprint density at radius 1 is 0.930 bits per heavy atom. The molecule has 10 heteroatoms. The molecule has 9 nitrogen and oxygen atoms in total. The SMILES string of the molecule is COc1ccc(OC)c(N(CC(=O)N(Cc2ccccc2)[C@@H](C)C(=O)NC2CCCCC2)S(=O)(=O)c2ccc(C)cc2)c1. The summed E-state index contributed by atoms with van der Waals surface area (Å²) in [5, 5.41) is 3.12. The molecule has 4 rings (SSSR count). The minimum atomic E-state index is -4.25. The van der Waals surface area contributed by atoms with Gasteiger partial charge < -0.3 is 19.7 Å². The van der Waals surface area contributed by atoms with Crippen molar-refractivity contribution >= 4 is 27.5 Å². The summed E-state index contributed by atoms with van der Waals surface area (Å²) in [7, 11) is -1.34. The summed E-state index contributed by atoms with van der Waals surface area (Å²) >= 11 is 0. The van der Waals surface area contributed by atoms with Crippen molar-refractivity contribution in [3.63, 3.8) is 0 Å². The second kappa shape index (κ2) is 14.4. The highest BCUT2D eigenvalue weighted by molar-refractivity contribution is 7.92. The van der Waals surface area contributed by atoms with Crippen molar-refractivity contribution in [3.8, 4) is 11.5 Å². The number of amides is 2. The van der Waals surface area contributed by atoms with Crippen LogP contribution in [0.5, 0.6) is 11.5 Å². The molecule has 0 aliphatic heterocycles. The number of aryl methyl sites for hydroxylation is 1. The Labute approximate surface area is 254 Å². The van der Waals surface area contributed by atoms with Crippen LogP contribution in [0.3, 0.4) is 0 Å². The normalized spacial score (nSPS) is 14.4. The smallest absolute Gasteiger partial charge is 0.264 e. The zero-order valence-electron chi connectivity index (χ0n) is 25.3. The minimum absolute atomic E-state index is 0.0217. The summed E-state index contributed by atoms with van der Waals surface area (Å²) < 4.78 is 40.3. The molecule has 0 aromatic heterocycles. The Kier molecular flexibility index (Phi) is 10.7. The van der Waals surface area contributed by atoms with Crippen molar-refractivity contribution in [3.05, 3.63) is 83.9 Å². The number of carbonyl (C=O) groups excluding carboxylic acids is 2. The van der Waals surface area contributed by atoms with Crippen LogP contribution in [0.4, 0.5) is 5.69 Å². The maximum absolute atomic E-state index is 14.2. The molecule has 0 heterocycles. The van der Waals surface area contributed by atoms with E-state index in [0.717, 1.165) is 47.5 Å². The second-order valence-corrected chi connectivity index (χ2v) is 12.8. The van der Waals surface area contributed by atoms with Crippen molar-refractivity contribution in [1.82, 2.24) is 10.2 Å². The predicted octanol–water partition coefficient (Wildman–Crippen LogP) is 5.07. The fraction of sp³-hybridized carbons (Fsp3) is 0.394. The zero-order chi connectivity index (χ0) is 31.0. The van der Waals surface area contributed by atoms with Gasteiger partial charge in [0.2, 0.25) is 11.8 Å². The van der Waals surface area contributed by atoms with Gasteiger partial charge in [-0.3, -0.25) is 13.9 Å². The van der Waals surface area contributed by atoms with E-state index in [0.29, 0.717) is 5.75 Å². The number of nitrogens with zero attached hydrogens (tertiary/aromatic N) is 2. The first-order valence-electron chi connectivity index (χ1n) is 14.6. The maximum atomic E-state index is 14.2. The van der Waals surface area contributed by atoms with E-state index in [9.17, 15) is 18.0 Å². The first kappa shape index (κ1) is 31.9. The number of benzene rings is 3. The van der Waals surface area contributed by atoms with E-state index in [1.165, 1.54) is 37.3 Å². The van der Waals surface area contributed by atoms with Crippen LogP contribution < -0.4 is 19.1 Å². The van der Waals surface area contributed by atoms with Crippen LogP contribution in [0.25, 0.3) is 0 Å². The quantitative estimate of drug-likeness (QED) is 0.308. The zero-order valence-corrected chi connectivity index (χ0v) is 26.1. The lowest BCUT2D eigenvalue weighted by Gasteiger charge is -2.33.